The normalized spacial score (nSPS) is 10.3. The maximum Gasteiger partial charge on any atom is 0.271 e. The number of para-hydroxylation sites is 1. The Morgan fingerprint density at radius 2 is 2.04 bits per heavy atom. The second kappa shape index (κ2) is 7.44. The third-order valence-electron chi connectivity index (χ3n) is 3.24. The number of nitrogens with two attached hydrogens (primary N) is 1. The molecule has 0 aliphatic carbocycles. The van der Waals surface area contributed by atoms with Crippen LogP contribution in [0, 0.1) is 0 Å². The summed E-state index contributed by atoms with van der Waals surface area (Å²) in [6, 6.07) is 6.91. The van der Waals surface area contributed by atoms with Gasteiger partial charge in [-0.25, -0.2) is 0 Å². The van der Waals surface area contributed by atoms with Gasteiger partial charge in [-0.3, -0.25) is 14.7 Å². The van der Waals surface area contributed by atoms with Crippen LogP contribution in [-0.4, -0.2) is 28.6 Å². The third kappa shape index (κ3) is 3.68. The molecule has 0 bridgehead atoms. The Morgan fingerprint density at radius 3 is 2.70 bits per heavy atom. The van der Waals surface area contributed by atoms with Gasteiger partial charge < -0.3 is 15.8 Å². The van der Waals surface area contributed by atoms with Crippen LogP contribution in [0.25, 0.3) is 0 Å². The monoisotopic (exact) mass is 316 g/mol. The molecule has 7 heteroatoms. The van der Waals surface area contributed by atoms with Gasteiger partial charge in [-0.2, -0.15) is 5.10 Å². The fourth-order valence-corrected chi connectivity index (χ4v) is 2.24. The highest BCUT2D eigenvalue weighted by Gasteiger charge is 2.21. The van der Waals surface area contributed by atoms with Crippen molar-refractivity contribution in [3.63, 3.8) is 0 Å². The number of aryl methyl sites for hydroxylation is 1. The number of H-pyrrole nitrogens is 1. The summed E-state index contributed by atoms with van der Waals surface area (Å²) in [5.74, 6) is -0.596. The molecular weight excluding hydrogens is 296 g/mol. The number of nitrogens with one attached hydrogen (secondary N) is 2. The molecule has 0 aliphatic heterocycles. The van der Waals surface area contributed by atoms with E-state index in [2.05, 4.69) is 15.5 Å². The number of benzene rings is 1. The molecule has 2 aromatic rings. The molecule has 1 heterocycles. The van der Waals surface area contributed by atoms with E-state index in [0.717, 1.165) is 6.42 Å². The number of primary amides is 1. The lowest BCUT2D eigenvalue weighted by Crippen LogP contribution is -2.19. The zero-order valence-electron chi connectivity index (χ0n) is 13.2. The molecule has 7 nitrogen and oxygen atoms in total. The number of rotatable bonds is 7. The number of aromatic nitrogens is 2. The van der Waals surface area contributed by atoms with Crippen LogP contribution in [-0.2, 0) is 6.42 Å². The molecule has 0 radical (unpaired) electrons. The second-order valence-electron chi connectivity index (χ2n) is 4.92. The van der Waals surface area contributed by atoms with Crippen LogP contribution < -0.4 is 15.8 Å². The summed E-state index contributed by atoms with van der Waals surface area (Å²) in [7, 11) is 0. The molecule has 0 aliphatic rings. The summed E-state index contributed by atoms with van der Waals surface area (Å²) in [6.45, 7) is 4.28. The minimum absolute atomic E-state index is 0.0238. The largest absolute Gasteiger partial charge is 0.493 e. The lowest BCUT2D eigenvalue weighted by atomic mass is 10.1. The number of ether oxygens (including phenoxy) is 1. The number of amides is 2. The predicted octanol–water partition coefficient (Wildman–Crippen LogP) is 2.11. The van der Waals surface area contributed by atoms with Gasteiger partial charge in [-0.05, 0) is 25.5 Å². The topological polar surface area (TPSA) is 110 Å². The number of hydrogen-bond donors (Lipinski definition) is 3. The predicted molar refractivity (Wildman–Crippen MR) is 86.7 cm³/mol. The van der Waals surface area contributed by atoms with Crippen LogP contribution in [0.15, 0.2) is 24.3 Å². The van der Waals surface area contributed by atoms with E-state index >= 15 is 0 Å². The van der Waals surface area contributed by atoms with Gasteiger partial charge in [0.15, 0.2) is 5.69 Å². The molecule has 0 saturated heterocycles. The van der Waals surface area contributed by atoms with Crippen molar-refractivity contribution in [2.75, 3.05) is 11.9 Å². The minimum Gasteiger partial charge on any atom is -0.493 e. The Labute approximate surface area is 134 Å². The molecule has 122 valence electrons. The maximum absolute atomic E-state index is 12.6. The molecule has 1 aromatic heterocycles. The second-order valence-corrected chi connectivity index (χ2v) is 4.92. The zero-order valence-corrected chi connectivity index (χ0v) is 13.2. The first kappa shape index (κ1) is 16.5. The molecule has 0 saturated carbocycles. The van der Waals surface area contributed by atoms with E-state index in [0.29, 0.717) is 35.7 Å². The molecule has 2 amide bonds. The highest BCUT2D eigenvalue weighted by molar-refractivity contribution is 6.09. The summed E-state index contributed by atoms with van der Waals surface area (Å²) < 4.78 is 5.46. The summed E-state index contributed by atoms with van der Waals surface area (Å²) in [5.41, 5.74) is 6.72. The van der Waals surface area contributed by atoms with Crippen LogP contribution in [0.2, 0.25) is 0 Å². The number of aromatic amines is 1. The van der Waals surface area contributed by atoms with Gasteiger partial charge in [0.25, 0.3) is 11.8 Å². The quantitative estimate of drug-likeness (QED) is 0.726. The van der Waals surface area contributed by atoms with Gasteiger partial charge in [0, 0.05) is 0 Å². The van der Waals surface area contributed by atoms with Gasteiger partial charge in [0.2, 0.25) is 0 Å². The van der Waals surface area contributed by atoms with Crippen LogP contribution in [0.1, 0.15) is 46.8 Å². The van der Waals surface area contributed by atoms with Crippen LogP contribution in [0.3, 0.4) is 0 Å². The van der Waals surface area contributed by atoms with Gasteiger partial charge in [-0.15, -0.1) is 0 Å². The van der Waals surface area contributed by atoms with E-state index in [-0.39, 0.29) is 11.6 Å². The fourth-order valence-electron chi connectivity index (χ4n) is 2.24. The van der Waals surface area contributed by atoms with Crippen molar-refractivity contribution < 1.29 is 14.3 Å². The number of hydrogen-bond acceptors (Lipinski definition) is 4. The zero-order chi connectivity index (χ0) is 16.8. The molecular formula is C16H20N4O3. The lowest BCUT2D eigenvalue weighted by Gasteiger charge is -2.11. The minimum atomic E-state index is -0.697. The fraction of sp³-hybridized carbons (Fsp3) is 0.312. The van der Waals surface area contributed by atoms with Crippen LogP contribution >= 0.6 is 0 Å². The SMILES string of the molecule is CCCc1[nH]nc(C(N)=O)c1NC(=O)c1ccccc1OCC. The van der Waals surface area contributed by atoms with Crippen molar-refractivity contribution in [3.8, 4) is 5.75 Å². The molecule has 0 spiro atoms. The van der Waals surface area contributed by atoms with Crippen molar-refractivity contribution in [2.24, 2.45) is 5.73 Å². The van der Waals surface area contributed by atoms with E-state index in [9.17, 15) is 9.59 Å². The summed E-state index contributed by atoms with van der Waals surface area (Å²) in [4.78, 5) is 24.0. The Balaban J connectivity index is 2.33. The van der Waals surface area contributed by atoms with E-state index in [1.807, 2.05) is 13.8 Å². The molecule has 23 heavy (non-hydrogen) atoms. The van der Waals surface area contributed by atoms with Gasteiger partial charge in [0.1, 0.15) is 5.75 Å². The van der Waals surface area contributed by atoms with Crippen molar-refractivity contribution in [1.82, 2.24) is 10.2 Å². The summed E-state index contributed by atoms with van der Waals surface area (Å²) >= 11 is 0. The number of nitrogens with zero attached hydrogens (tertiary/aromatic N) is 1. The van der Waals surface area contributed by atoms with E-state index < -0.39 is 5.91 Å². The smallest absolute Gasteiger partial charge is 0.271 e. The summed E-state index contributed by atoms with van der Waals surface area (Å²) in [5, 5.41) is 9.38. The Morgan fingerprint density at radius 1 is 1.30 bits per heavy atom. The Kier molecular flexibility index (Phi) is 5.35. The highest BCUT2D eigenvalue weighted by Crippen LogP contribution is 2.23. The van der Waals surface area contributed by atoms with Crippen molar-refractivity contribution >= 4 is 17.5 Å². The summed E-state index contributed by atoms with van der Waals surface area (Å²) in [6.07, 6.45) is 1.47. The third-order valence-corrected chi connectivity index (χ3v) is 3.24. The first-order valence-corrected chi connectivity index (χ1v) is 7.48. The standard InChI is InChI=1S/C16H20N4O3/c1-3-7-11-13(14(15(17)21)20-19-11)18-16(22)10-8-5-6-9-12(10)23-4-2/h5-6,8-9H,3-4,7H2,1-2H3,(H2,17,21)(H,18,22)(H,19,20). The number of anilines is 1. The van der Waals surface area contributed by atoms with Crippen LogP contribution in [0.5, 0.6) is 5.75 Å². The van der Waals surface area contributed by atoms with Crippen molar-refractivity contribution in [3.05, 3.63) is 41.2 Å². The maximum atomic E-state index is 12.6. The van der Waals surface area contributed by atoms with Gasteiger partial charge in [0.05, 0.1) is 23.6 Å². The van der Waals surface area contributed by atoms with Gasteiger partial charge in [-0.1, -0.05) is 25.5 Å². The van der Waals surface area contributed by atoms with E-state index in [1.165, 1.54) is 0 Å². The average Bonchev–Trinajstić information content (AvgIpc) is 2.91. The Hall–Kier alpha value is -2.83. The molecule has 0 fully saturated rings. The molecule has 0 unspecified atom stereocenters. The highest BCUT2D eigenvalue weighted by atomic mass is 16.5. The average molecular weight is 316 g/mol. The number of carbonyl (C=O) groups excluding carboxylic acids is 2. The van der Waals surface area contributed by atoms with Gasteiger partial charge >= 0.3 is 0 Å². The molecule has 1 aromatic carbocycles. The molecule has 2 rings (SSSR count). The van der Waals surface area contributed by atoms with E-state index in [4.69, 9.17) is 10.5 Å². The van der Waals surface area contributed by atoms with Crippen molar-refractivity contribution in [1.29, 1.82) is 0 Å². The first-order chi connectivity index (χ1) is 11.1. The Bertz CT molecular complexity index is 709. The number of carbonyl (C=O) groups is 2. The first-order valence-electron chi connectivity index (χ1n) is 7.48. The van der Waals surface area contributed by atoms with Crippen LogP contribution in [0.4, 0.5) is 5.69 Å². The van der Waals surface area contributed by atoms with E-state index in [1.54, 1.807) is 24.3 Å². The molecule has 0 atom stereocenters. The lowest BCUT2D eigenvalue weighted by molar-refractivity contribution is 0.0996. The molecule has 4 N–H and O–H groups in total. The van der Waals surface area contributed by atoms with Crippen molar-refractivity contribution in [2.45, 2.75) is 26.7 Å².